The zero-order valence-corrected chi connectivity index (χ0v) is 10.6. The van der Waals surface area contributed by atoms with Gasteiger partial charge in [-0.2, -0.15) is 0 Å². The summed E-state index contributed by atoms with van der Waals surface area (Å²) in [4.78, 5) is 6.88. The van der Waals surface area contributed by atoms with Gasteiger partial charge in [-0.3, -0.25) is 0 Å². The highest BCUT2D eigenvalue weighted by Crippen LogP contribution is 2.26. The first-order valence-electron chi connectivity index (χ1n) is 6.81. The number of hydrogen-bond acceptors (Lipinski definition) is 3. The third-order valence-corrected chi connectivity index (χ3v) is 4.12. The van der Waals surface area contributed by atoms with Gasteiger partial charge in [-0.1, -0.05) is 12.8 Å². The lowest BCUT2D eigenvalue weighted by Crippen LogP contribution is -2.21. The van der Waals surface area contributed by atoms with E-state index in [1.54, 1.807) is 0 Å². The first-order chi connectivity index (χ1) is 8.33. The molecule has 2 heterocycles. The van der Waals surface area contributed by atoms with Gasteiger partial charge in [-0.15, -0.1) is 0 Å². The number of likely N-dealkylation sites (N-methyl/N-ethyl adjacent to an activating group) is 1. The Labute approximate surface area is 103 Å². The number of rotatable bonds is 3. The van der Waals surface area contributed by atoms with Crippen molar-refractivity contribution in [3.05, 3.63) is 12.4 Å². The zero-order chi connectivity index (χ0) is 11.7. The molecule has 4 nitrogen and oxygen atoms in total. The predicted octanol–water partition coefficient (Wildman–Crippen LogP) is 2.11. The summed E-state index contributed by atoms with van der Waals surface area (Å²) in [6.07, 6.45) is 10.6. The van der Waals surface area contributed by atoms with E-state index in [1.165, 1.54) is 38.6 Å². The van der Waals surface area contributed by atoms with E-state index in [1.807, 2.05) is 6.20 Å². The molecule has 0 aromatic carbocycles. The van der Waals surface area contributed by atoms with Crippen molar-refractivity contribution in [1.82, 2.24) is 14.5 Å². The minimum Gasteiger partial charge on any atom is -0.353 e. The first-order valence-corrected chi connectivity index (χ1v) is 6.81. The molecule has 1 saturated heterocycles. The minimum absolute atomic E-state index is 0.603. The molecule has 1 saturated carbocycles. The zero-order valence-electron chi connectivity index (χ0n) is 10.6. The molecular formula is C13H22N4. The SMILES string of the molecule is CN1CCC(n2ccnc2NC2CCCC2)C1. The second-order valence-electron chi connectivity index (χ2n) is 5.49. The summed E-state index contributed by atoms with van der Waals surface area (Å²) < 4.78 is 2.34. The van der Waals surface area contributed by atoms with Crippen molar-refractivity contribution in [2.75, 3.05) is 25.5 Å². The van der Waals surface area contributed by atoms with E-state index in [2.05, 4.69) is 33.0 Å². The van der Waals surface area contributed by atoms with Crippen LogP contribution in [0.3, 0.4) is 0 Å². The van der Waals surface area contributed by atoms with Crippen LogP contribution in [0.5, 0.6) is 0 Å². The number of aromatic nitrogens is 2. The average Bonchev–Trinajstić information content (AvgIpc) is 2.99. The van der Waals surface area contributed by atoms with Crippen LogP contribution in [0.25, 0.3) is 0 Å². The number of nitrogens with one attached hydrogen (secondary N) is 1. The maximum atomic E-state index is 4.48. The molecule has 94 valence electrons. The summed E-state index contributed by atoms with van der Waals surface area (Å²) in [5, 5.41) is 3.61. The molecule has 0 bridgehead atoms. The lowest BCUT2D eigenvalue weighted by atomic mass is 10.2. The summed E-state index contributed by atoms with van der Waals surface area (Å²) >= 11 is 0. The monoisotopic (exact) mass is 234 g/mol. The van der Waals surface area contributed by atoms with Crippen molar-refractivity contribution in [2.45, 2.75) is 44.2 Å². The van der Waals surface area contributed by atoms with Gasteiger partial charge in [-0.05, 0) is 32.9 Å². The van der Waals surface area contributed by atoms with Crippen molar-refractivity contribution in [2.24, 2.45) is 0 Å². The Morgan fingerprint density at radius 3 is 2.82 bits per heavy atom. The summed E-state index contributed by atoms with van der Waals surface area (Å²) in [6.45, 7) is 2.35. The van der Waals surface area contributed by atoms with Gasteiger partial charge in [0.25, 0.3) is 0 Å². The number of anilines is 1. The molecule has 1 aliphatic carbocycles. The highest BCUT2D eigenvalue weighted by Gasteiger charge is 2.24. The number of hydrogen-bond donors (Lipinski definition) is 1. The first kappa shape index (κ1) is 11.1. The van der Waals surface area contributed by atoms with Gasteiger partial charge >= 0.3 is 0 Å². The van der Waals surface area contributed by atoms with Crippen LogP contribution in [0.2, 0.25) is 0 Å². The minimum atomic E-state index is 0.603. The highest BCUT2D eigenvalue weighted by atomic mass is 15.3. The molecular weight excluding hydrogens is 212 g/mol. The van der Waals surface area contributed by atoms with E-state index in [-0.39, 0.29) is 0 Å². The second-order valence-corrected chi connectivity index (χ2v) is 5.49. The molecule has 1 aliphatic heterocycles. The molecule has 4 heteroatoms. The Morgan fingerprint density at radius 1 is 1.29 bits per heavy atom. The van der Waals surface area contributed by atoms with Crippen LogP contribution in [-0.4, -0.2) is 40.6 Å². The Bertz CT molecular complexity index is 367. The summed E-state index contributed by atoms with van der Waals surface area (Å²) in [5.41, 5.74) is 0. The largest absolute Gasteiger partial charge is 0.353 e. The smallest absolute Gasteiger partial charge is 0.203 e. The maximum absolute atomic E-state index is 4.48. The standard InChI is InChI=1S/C13H22N4/c1-16-8-6-12(10-16)17-9-7-14-13(17)15-11-4-2-3-5-11/h7,9,11-12H,2-6,8,10H2,1H3,(H,14,15). The summed E-state index contributed by atoms with van der Waals surface area (Å²) in [6, 6.07) is 1.25. The van der Waals surface area contributed by atoms with Crippen molar-refractivity contribution in [3.63, 3.8) is 0 Å². The number of imidazole rings is 1. The van der Waals surface area contributed by atoms with E-state index in [4.69, 9.17) is 0 Å². The molecule has 0 spiro atoms. The third kappa shape index (κ3) is 2.32. The van der Waals surface area contributed by atoms with E-state index in [9.17, 15) is 0 Å². The van der Waals surface area contributed by atoms with Crippen LogP contribution >= 0.6 is 0 Å². The summed E-state index contributed by atoms with van der Waals surface area (Å²) in [5.74, 6) is 1.08. The van der Waals surface area contributed by atoms with Crippen molar-refractivity contribution in [1.29, 1.82) is 0 Å². The van der Waals surface area contributed by atoms with Crippen LogP contribution in [0, 0.1) is 0 Å². The molecule has 1 aromatic rings. The lowest BCUT2D eigenvalue weighted by Gasteiger charge is -2.19. The normalized spacial score (nSPS) is 26.8. The van der Waals surface area contributed by atoms with Crippen LogP contribution in [0.4, 0.5) is 5.95 Å². The van der Waals surface area contributed by atoms with E-state index < -0.39 is 0 Å². The Hall–Kier alpha value is -1.03. The van der Waals surface area contributed by atoms with Crippen molar-refractivity contribution < 1.29 is 0 Å². The Morgan fingerprint density at radius 2 is 2.12 bits per heavy atom. The molecule has 0 amide bonds. The van der Waals surface area contributed by atoms with E-state index in [0.717, 1.165) is 12.5 Å². The fourth-order valence-electron chi connectivity index (χ4n) is 3.11. The molecule has 1 N–H and O–H groups in total. The molecule has 1 atom stereocenters. The maximum Gasteiger partial charge on any atom is 0.203 e. The fraction of sp³-hybridized carbons (Fsp3) is 0.769. The molecule has 1 unspecified atom stereocenters. The second kappa shape index (κ2) is 4.69. The van der Waals surface area contributed by atoms with Crippen molar-refractivity contribution in [3.8, 4) is 0 Å². The van der Waals surface area contributed by atoms with E-state index in [0.29, 0.717) is 12.1 Å². The number of nitrogens with zero attached hydrogens (tertiary/aromatic N) is 3. The molecule has 0 radical (unpaired) electrons. The van der Waals surface area contributed by atoms with E-state index >= 15 is 0 Å². The van der Waals surface area contributed by atoms with Gasteiger partial charge < -0.3 is 14.8 Å². The van der Waals surface area contributed by atoms with Gasteiger partial charge in [-0.25, -0.2) is 4.98 Å². The van der Waals surface area contributed by atoms with Gasteiger partial charge in [0, 0.05) is 25.0 Å². The quantitative estimate of drug-likeness (QED) is 0.869. The van der Waals surface area contributed by atoms with Gasteiger partial charge in [0.15, 0.2) is 0 Å². The molecule has 2 aliphatic rings. The van der Waals surface area contributed by atoms with Gasteiger partial charge in [0.05, 0.1) is 6.04 Å². The molecule has 2 fully saturated rings. The van der Waals surface area contributed by atoms with Crippen LogP contribution in [0.1, 0.15) is 38.1 Å². The Balaban J connectivity index is 1.70. The number of likely N-dealkylation sites (tertiary alicyclic amines) is 1. The van der Waals surface area contributed by atoms with Crippen LogP contribution < -0.4 is 5.32 Å². The topological polar surface area (TPSA) is 33.1 Å². The van der Waals surface area contributed by atoms with Crippen LogP contribution in [0.15, 0.2) is 12.4 Å². The van der Waals surface area contributed by atoms with Crippen molar-refractivity contribution >= 4 is 5.95 Å². The fourth-order valence-corrected chi connectivity index (χ4v) is 3.11. The highest BCUT2D eigenvalue weighted by molar-refractivity contribution is 5.29. The predicted molar refractivity (Wildman–Crippen MR) is 69.3 cm³/mol. The third-order valence-electron chi connectivity index (χ3n) is 4.12. The van der Waals surface area contributed by atoms with Gasteiger partial charge in [0.2, 0.25) is 5.95 Å². The average molecular weight is 234 g/mol. The summed E-state index contributed by atoms with van der Waals surface area (Å²) in [7, 11) is 2.20. The van der Waals surface area contributed by atoms with Gasteiger partial charge in [0.1, 0.15) is 0 Å². The molecule has 1 aromatic heterocycles. The lowest BCUT2D eigenvalue weighted by molar-refractivity contribution is 0.393. The van der Waals surface area contributed by atoms with Crippen LogP contribution in [-0.2, 0) is 0 Å². The Kier molecular flexibility index (Phi) is 3.05. The molecule has 3 rings (SSSR count). The molecule has 17 heavy (non-hydrogen) atoms.